The number of anilines is 1. The van der Waals surface area contributed by atoms with Gasteiger partial charge in [0.2, 0.25) is 5.91 Å². The lowest BCUT2D eigenvalue weighted by Crippen LogP contribution is -2.54. The molecule has 6 nitrogen and oxygen atoms in total. The highest BCUT2D eigenvalue weighted by atomic mass is 32.1. The Balaban J connectivity index is 1.64. The highest BCUT2D eigenvalue weighted by Crippen LogP contribution is 2.23. The van der Waals surface area contributed by atoms with Crippen LogP contribution in [0.15, 0.2) is 48.5 Å². The molecular weight excluding hydrogens is 451 g/mol. The molecule has 2 aromatic rings. The minimum atomic E-state index is -0.619. The molecule has 0 spiro atoms. The van der Waals surface area contributed by atoms with Crippen molar-refractivity contribution in [2.75, 3.05) is 25.0 Å². The number of nitrogens with one attached hydrogen (secondary N) is 3. The van der Waals surface area contributed by atoms with Crippen molar-refractivity contribution in [1.82, 2.24) is 15.5 Å². The normalized spacial score (nSPS) is 15.0. The first-order valence-electron chi connectivity index (χ1n) is 11.7. The third-order valence-corrected chi connectivity index (χ3v) is 6.40. The minimum absolute atomic E-state index is 0.00926. The van der Waals surface area contributed by atoms with Crippen molar-refractivity contribution >= 4 is 34.8 Å². The Morgan fingerprint density at radius 2 is 1.74 bits per heavy atom. The van der Waals surface area contributed by atoms with Crippen LogP contribution >= 0.6 is 12.2 Å². The summed E-state index contributed by atoms with van der Waals surface area (Å²) >= 11 is 5.54. The van der Waals surface area contributed by atoms with E-state index in [1.54, 1.807) is 18.2 Å². The Morgan fingerprint density at radius 3 is 2.35 bits per heavy atom. The highest BCUT2D eigenvalue weighted by molar-refractivity contribution is 7.80. The van der Waals surface area contributed by atoms with Crippen LogP contribution in [-0.2, 0) is 4.79 Å². The van der Waals surface area contributed by atoms with Gasteiger partial charge in [-0.15, -0.1) is 0 Å². The molecule has 34 heavy (non-hydrogen) atoms. The fourth-order valence-electron chi connectivity index (χ4n) is 4.03. The molecule has 3 rings (SSSR count). The molecule has 1 aliphatic rings. The Bertz CT molecular complexity index is 1000. The molecule has 2 amide bonds. The van der Waals surface area contributed by atoms with Crippen molar-refractivity contribution in [3.05, 3.63) is 65.5 Å². The van der Waals surface area contributed by atoms with Crippen LogP contribution in [-0.4, -0.2) is 47.5 Å². The summed E-state index contributed by atoms with van der Waals surface area (Å²) in [6.45, 7) is 7.83. The maximum atomic E-state index is 13.1. The van der Waals surface area contributed by atoms with Gasteiger partial charge in [0.25, 0.3) is 5.91 Å². The maximum absolute atomic E-state index is 13.1. The summed E-state index contributed by atoms with van der Waals surface area (Å²) in [5, 5.41) is 9.69. The molecule has 0 aliphatic carbocycles. The van der Waals surface area contributed by atoms with Crippen LogP contribution in [0.5, 0.6) is 0 Å². The molecule has 1 fully saturated rings. The van der Waals surface area contributed by atoms with Crippen molar-refractivity contribution in [2.24, 2.45) is 11.8 Å². The van der Waals surface area contributed by atoms with E-state index in [1.165, 1.54) is 12.1 Å². The number of piperidine rings is 1. The van der Waals surface area contributed by atoms with Crippen LogP contribution in [0, 0.1) is 24.6 Å². The quantitative estimate of drug-likeness (QED) is 0.516. The minimum Gasteiger partial charge on any atom is -0.354 e. The van der Waals surface area contributed by atoms with E-state index in [0.717, 1.165) is 11.3 Å². The van der Waals surface area contributed by atoms with Crippen molar-refractivity contribution < 1.29 is 14.0 Å². The van der Waals surface area contributed by atoms with E-state index in [4.69, 9.17) is 12.2 Å². The summed E-state index contributed by atoms with van der Waals surface area (Å²) < 4.78 is 13.1. The summed E-state index contributed by atoms with van der Waals surface area (Å²) in [5.41, 5.74) is 2.17. The van der Waals surface area contributed by atoms with E-state index < -0.39 is 6.04 Å². The van der Waals surface area contributed by atoms with Gasteiger partial charge in [0, 0.05) is 30.9 Å². The van der Waals surface area contributed by atoms with Crippen molar-refractivity contribution in [3.8, 4) is 0 Å². The second-order valence-electron chi connectivity index (χ2n) is 9.17. The Morgan fingerprint density at radius 1 is 1.09 bits per heavy atom. The fraction of sp³-hybridized carbons (Fsp3) is 0.423. The molecule has 1 saturated heterocycles. The standard InChI is InChI=1S/C26H33FN4O2S/c1-17(2)16-28-25(33)23(30-24(32)22-7-5-4-6-18(22)3)19-12-14-31(15-13-19)26(34)29-21-10-8-20(27)9-11-21/h4-11,17,19,23H,12-16H2,1-3H3,(H,28,33)(H,29,34)(H,30,32)/t23-/m1/s1. The third-order valence-electron chi connectivity index (χ3n) is 6.04. The molecule has 0 radical (unpaired) electrons. The molecule has 182 valence electrons. The second-order valence-corrected chi connectivity index (χ2v) is 9.55. The van der Waals surface area contributed by atoms with Gasteiger partial charge in [-0.3, -0.25) is 9.59 Å². The lowest BCUT2D eigenvalue weighted by atomic mass is 9.88. The first kappa shape index (κ1) is 25.6. The van der Waals surface area contributed by atoms with Crippen LogP contribution in [0.1, 0.15) is 42.6 Å². The van der Waals surface area contributed by atoms with Gasteiger partial charge in [0.15, 0.2) is 5.11 Å². The predicted molar refractivity (Wildman–Crippen MR) is 137 cm³/mol. The lowest BCUT2D eigenvalue weighted by molar-refractivity contribution is -0.124. The van der Waals surface area contributed by atoms with E-state index in [1.807, 2.05) is 43.9 Å². The summed E-state index contributed by atoms with van der Waals surface area (Å²) in [7, 11) is 0. The van der Waals surface area contributed by atoms with Crippen LogP contribution in [0.25, 0.3) is 0 Å². The zero-order chi connectivity index (χ0) is 24.7. The SMILES string of the molecule is Cc1ccccc1C(=O)N[C@@H](C(=O)NCC(C)C)C1CCN(C(=S)Nc2ccc(F)cc2)CC1. The smallest absolute Gasteiger partial charge is 0.252 e. The number of carbonyl (C=O) groups excluding carboxylic acids is 2. The average Bonchev–Trinajstić information content (AvgIpc) is 2.82. The third kappa shape index (κ3) is 7.00. The molecule has 2 aromatic carbocycles. The van der Waals surface area contributed by atoms with E-state index >= 15 is 0 Å². The number of carbonyl (C=O) groups is 2. The van der Waals surface area contributed by atoms with Crippen molar-refractivity contribution in [3.63, 3.8) is 0 Å². The number of amides is 2. The Labute approximate surface area is 206 Å². The molecule has 0 bridgehead atoms. The molecule has 1 atom stereocenters. The number of likely N-dealkylation sites (tertiary alicyclic amines) is 1. The molecule has 0 aromatic heterocycles. The highest BCUT2D eigenvalue weighted by Gasteiger charge is 2.33. The lowest BCUT2D eigenvalue weighted by Gasteiger charge is -2.37. The zero-order valence-electron chi connectivity index (χ0n) is 19.9. The first-order chi connectivity index (χ1) is 16.2. The van der Waals surface area contributed by atoms with E-state index in [0.29, 0.717) is 49.1 Å². The van der Waals surface area contributed by atoms with Gasteiger partial charge in [-0.1, -0.05) is 32.0 Å². The molecular formula is C26H33FN4O2S. The molecule has 3 N–H and O–H groups in total. The first-order valence-corrected chi connectivity index (χ1v) is 12.1. The van der Waals surface area contributed by atoms with E-state index in [2.05, 4.69) is 16.0 Å². The number of aryl methyl sites for hydroxylation is 1. The number of rotatable bonds is 7. The predicted octanol–water partition coefficient (Wildman–Crippen LogP) is 4.11. The number of hydrogen-bond acceptors (Lipinski definition) is 3. The van der Waals surface area contributed by atoms with Gasteiger partial charge in [0.05, 0.1) is 0 Å². The van der Waals surface area contributed by atoms with Crippen molar-refractivity contribution in [2.45, 2.75) is 39.7 Å². The second kappa shape index (κ2) is 11.9. The van der Waals surface area contributed by atoms with Gasteiger partial charge in [-0.25, -0.2) is 4.39 Å². The Kier molecular flexibility index (Phi) is 8.98. The van der Waals surface area contributed by atoms with Gasteiger partial charge in [-0.2, -0.15) is 0 Å². The van der Waals surface area contributed by atoms with E-state index in [9.17, 15) is 14.0 Å². The fourth-order valence-corrected chi connectivity index (χ4v) is 4.33. The number of nitrogens with zero attached hydrogens (tertiary/aromatic N) is 1. The average molecular weight is 485 g/mol. The summed E-state index contributed by atoms with van der Waals surface area (Å²) in [6, 6.07) is 12.8. The van der Waals surface area contributed by atoms with Crippen LogP contribution in [0.2, 0.25) is 0 Å². The monoisotopic (exact) mass is 484 g/mol. The summed E-state index contributed by atoms with van der Waals surface area (Å²) in [6.07, 6.45) is 1.41. The molecule has 1 heterocycles. The number of benzene rings is 2. The van der Waals surface area contributed by atoms with Crippen LogP contribution < -0.4 is 16.0 Å². The molecule has 0 saturated carbocycles. The Hall–Kier alpha value is -3.00. The zero-order valence-corrected chi connectivity index (χ0v) is 20.8. The van der Waals surface area contributed by atoms with E-state index in [-0.39, 0.29) is 23.5 Å². The summed E-state index contributed by atoms with van der Waals surface area (Å²) in [4.78, 5) is 28.1. The van der Waals surface area contributed by atoms with Crippen LogP contribution in [0.4, 0.5) is 10.1 Å². The number of halogens is 1. The largest absolute Gasteiger partial charge is 0.354 e. The van der Waals surface area contributed by atoms with Gasteiger partial charge in [-0.05, 0) is 79.7 Å². The number of hydrogen-bond donors (Lipinski definition) is 3. The molecule has 8 heteroatoms. The number of thiocarbonyl (C=S) groups is 1. The summed E-state index contributed by atoms with van der Waals surface area (Å²) in [5.74, 6) is -0.384. The maximum Gasteiger partial charge on any atom is 0.252 e. The van der Waals surface area contributed by atoms with Crippen LogP contribution in [0.3, 0.4) is 0 Å². The van der Waals surface area contributed by atoms with Gasteiger partial charge in [0.1, 0.15) is 11.9 Å². The van der Waals surface area contributed by atoms with Gasteiger partial charge < -0.3 is 20.9 Å². The molecule has 1 aliphatic heterocycles. The van der Waals surface area contributed by atoms with Gasteiger partial charge >= 0.3 is 0 Å². The van der Waals surface area contributed by atoms with Crippen molar-refractivity contribution in [1.29, 1.82) is 0 Å². The topological polar surface area (TPSA) is 73.5 Å². The molecule has 0 unspecified atom stereocenters.